The van der Waals surface area contributed by atoms with E-state index >= 15 is 0 Å². The molecule has 1 saturated carbocycles. The number of nitrogens with two attached hydrogens (primary N) is 1. The molecule has 0 unspecified atom stereocenters. The van der Waals surface area contributed by atoms with E-state index in [1.54, 1.807) is 11.3 Å². The number of aromatic nitrogens is 1. The molecule has 1 aromatic heterocycles. The smallest absolute Gasteiger partial charge is 0.411 e. The number of nitrogens with one attached hydrogen (secondary N) is 1. The summed E-state index contributed by atoms with van der Waals surface area (Å²) in [6.07, 6.45) is 5.85. The van der Waals surface area contributed by atoms with Crippen LogP contribution < -0.4 is 11.1 Å². The lowest BCUT2D eigenvalue weighted by atomic mass is 9.87. The molecule has 0 atom stereocenters. The molecule has 1 aliphatic carbocycles. The van der Waals surface area contributed by atoms with E-state index in [4.69, 9.17) is 10.5 Å². The Balaban J connectivity index is 1.71. The first-order chi connectivity index (χ1) is 12.4. The van der Waals surface area contributed by atoms with Gasteiger partial charge in [0, 0.05) is 23.8 Å². The normalized spacial score (nSPS) is 20.2. The van der Waals surface area contributed by atoms with Crippen LogP contribution in [0.4, 0.5) is 10.5 Å². The molecule has 1 aliphatic rings. The Kier molecular flexibility index (Phi) is 5.94. The first-order valence-electron chi connectivity index (χ1n) is 9.22. The topological polar surface area (TPSA) is 77.2 Å². The van der Waals surface area contributed by atoms with Crippen molar-refractivity contribution in [1.29, 1.82) is 0 Å². The molecule has 26 heavy (non-hydrogen) atoms. The highest BCUT2D eigenvalue weighted by molar-refractivity contribution is 7.15. The monoisotopic (exact) mass is 373 g/mol. The van der Waals surface area contributed by atoms with Crippen molar-refractivity contribution >= 4 is 23.1 Å². The number of thiazole rings is 1. The van der Waals surface area contributed by atoms with E-state index < -0.39 is 6.09 Å². The summed E-state index contributed by atoms with van der Waals surface area (Å²) < 4.78 is 5.12. The van der Waals surface area contributed by atoms with Crippen LogP contribution in [0.15, 0.2) is 24.4 Å². The summed E-state index contributed by atoms with van der Waals surface area (Å²) in [6, 6.07) is 6.27. The first kappa shape index (κ1) is 18.9. The summed E-state index contributed by atoms with van der Waals surface area (Å²) in [5.41, 5.74) is 9.01. The lowest BCUT2D eigenvalue weighted by Crippen LogP contribution is -2.25. The van der Waals surface area contributed by atoms with E-state index in [2.05, 4.69) is 10.3 Å². The summed E-state index contributed by atoms with van der Waals surface area (Å²) in [5.74, 6) is 0.542. The molecular formula is C20H27N3O2S. The number of benzene rings is 1. The van der Waals surface area contributed by atoms with Gasteiger partial charge in [0.15, 0.2) is 0 Å². The van der Waals surface area contributed by atoms with Crippen LogP contribution in [0, 0.1) is 6.92 Å². The van der Waals surface area contributed by atoms with Gasteiger partial charge in [0.25, 0.3) is 0 Å². The van der Waals surface area contributed by atoms with Crippen molar-refractivity contribution < 1.29 is 9.53 Å². The van der Waals surface area contributed by atoms with Gasteiger partial charge in [-0.25, -0.2) is 9.78 Å². The number of amides is 1. The van der Waals surface area contributed by atoms with Crippen LogP contribution >= 0.6 is 11.3 Å². The quantitative estimate of drug-likeness (QED) is 0.785. The Hall–Kier alpha value is -1.92. The van der Waals surface area contributed by atoms with Crippen molar-refractivity contribution in [1.82, 2.24) is 4.98 Å². The second-order valence-corrected chi connectivity index (χ2v) is 8.35. The Morgan fingerprint density at radius 1 is 1.31 bits per heavy atom. The summed E-state index contributed by atoms with van der Waals surface area (Å²) in [5, 5.41) is 3.99. The molecule has 2 aromatic rings. The molecule has 0 aliphatic heterocycles. The highest BCUT2D eigenvalue weighted by Crippen LogP contribution is 2.38. The highest BCUT2D eigenvalue weighted by atomic mass is 32.1. The van der Waals surface area contributed by atoms with E-state index in [0.29, 0.717) is 12.0 Å². The molecule has 1 heterocycles. The summed E-state index contributed by atoms with van der Waals surface area (Å²) in [7, 11) is 0. The average Bonchev–Trinajstić information content (AvgIpc) is 3.04. The maximum atomic E-state index is 11.7. The lowest BCUT2D eigenvalue weighted by Gasteiger charge is -2.24. The van der Waals surface area contributed by atoms with Gasteiger partial charge in [-0.1, -0.05) is 6.07 Å². The molecule has 0 spiro atoms. The first-order valence-corrected chi connectivity index (χ1v) is 10.0. The van der Waals surface area contributed by atoms with Crippen molar-refractivity contribution in [2.45, 2.75) is 64.5 Å². The largest absolute Gasteiger partial charge is 0.447 e. The second-order valence-electron chi connectivity index (χ2n) is 7.28. The fraction of sp³-hybridized carbons (Fsp3) is 0.500. The maximum absolute atomic E-state index is 11.7. The fourth-order valence-electron chi connectivity index (χ4n) is 3.35. The van der Waals surface area contributed by atoms with Gasteiger partial charge in [-0.3, -0.25) is 5.32 Å². The third-order valence-electron chi connectivity index (χ3n) is 4.73. The van der Waals surface area contributed by atoms with Gasteiger partial charge in [0.1, 0.15) is 0 Å². The standard InChI is InChI=1S/C20H27N3O2S/c1-12(2)25-20(24)23-16-8-9-17(13(3)10-16)18-11-22-19(26-18)14-4-6-15(21)7-5-14/h8-12,14-15H,4-7,21H2,1-3H3,(H,23,24)/t14-,15-. The zero-order chi connectivity index (χ0) is 18.7. The molecular weight excluding hydrogens is 346 g/mol. The molecule has 3 rings (SSSR count). The number of ether oxygens (including phenoxy) is 1. The van der Waals surface area contributed by atoms with Crippen LogP contribution in [0.25, 0.3) is 10.4 Å². The number of hydrogen-bond donors (Lipinski definition) is 2. The van der Waals surface area contributed by atoms with Gasteiger partial charge < -0.3 is 10.5 Å². The number of carbonyl (C=O) groups is 1. The second kappa shape index (κ2) is 8.18. The summed E-state index contributed by atoms with van der Waals surface area (Å²) in [6.45, 7) is 5.71. The Bertz CT molecular complexity index is 764. The average molecular weight is 374 g/mol. The minimum absolute atomic E-state index is 0.139. The Morgan fingerprint density at radius 3 is 2.69 bits per heavy atom. The molecule has 1 aromatic carbocycles. The van der Waals surface area contributed by atoms with E-state index in [1.807, 2.05) is 45.2 Å². The highest BCUT2D eigenvalue weighted by Gasteiger charge is 2.23. The minimum Gasteiger partial charge on any atom is -0.447 e. The molecule has 1 amide bonds. The molecule has 0 saturated heterocycles. The maximum Gasteiger partial charge on any atom is 0.411 e. The van der Waals surface area contributed by atoms with Gasteiger partial charge in [-0.2, -0.15) is 0 Å². The van der Waals surface area contributed by atoms with Gasteiger partial charge in [-0.15, -0.1) is 11.3 Å². The van der Waals surface area contributed by atoms with Gasteiger partial charge in [-0.05, 0) is 69.7 Å². The van der Waals surface area contributed by atoms with Crippen LogP contribution in [0.2, 0.25) is 0 Å². The third kappa shape index (κ3) is 4.62. The number of anilines is 1. The zero-order valence-electron chi connectivity index (χ0n) is 15.6. The predicted molar refractivity (Wildman–Crippen MR) is 107 cm³/mol. The van der Waals surface area contributed by atoms with Crippen molar-refractivity contribution in [3.8, 4) is 10.4 Å². The fourth-order valence-corrected chi connectivity index (χ4v) is 4.52. The number of aryl methyl sites for hydroxylation is 1. The van der Waals surface area contributed by atoms with E-state index in [1.165, 1.54) is 9.88 Å². The van der Waals surface area contributed by atoms with Crippen LogP contribution in [0.1, 0.15) is 56.0 Å². The van der Waals surface area contributed by atoms with Gasteiger partial charge >= 0.3 is 6.09 Å². The van der Waals surface area contributed by atoms with E-state index in [-0.39, 0.29) is 6.10 Å². The van der Waals surface area contributed by atoms with Crippen molar-refractivity contribution in [3.63, 3.8) is 0 Å². The molecule has 6 heteroatoms. The molecule has 0 bridgehead atoms. The summed E-state index contributed by atoms with van der Waals surface area (Å²) >= 11 is 1.77. The van der Waals surface area contributed by atoms with Crippen LogP contribution in [0.5, 0.6) is 0 Å². The number of carbonyl (C=O) groups excluding carboxylic acids is 1. The molecule has 140 valence electrons. The molecule has 1 fully saturated rings. The van der Waals surface area contributed by atoms with Gasteiger partial charge in [0.05, 0.1) is 16.0 Å². The summed E-state index contributed by atoms with van der Waals surface area (Å²) in [4.78, 5) is 17.6. The van der Waals surface area contributed by atoms with Crippen molar-refractivity contribution in [3.05, 3.63) is 35.0 Å². The van der Waals surface area contributed by atoms with Crippen molar-refractivity contribution in [2.24, 2.45) is 5.73 Å². The van der Waals surface area contributed by atoms with Crippen LogP contribution in [-0.4, -0.2) is 23.2 Å². The van der Waals surface area contributed by atoms with Gasteiger partial charge in [0.2, 0.25) is 0 Å². The third-order valence-corrected chi connectivity index (χ3v) is 5.92. The zero-order valence-corrected chi connectivity index (χ0v) is 16.4. The Morgan fingerprint density at radius 2 is 2.04 bits per heavy atom. The minimum atomic E-state index is -0.428. The van der Waals surface area contributed by atoms with Crippen LogP contribution in [0.3, 0.4) is 0 Å². The molecule has 3 N–H and O–H groups in total. The SMILES string of the molecule is Cc1cc(NC(=O)OC(C)C)ccc1-c1cnc([C@H]2CC[C@H](N)CC2)s1. The van der Waals surface area contributed by atoms with E-state index in [0.717, 1.165) is 42.5 Å². The lowest BCUT2D eigenvalue weighted by molar-refractivity contribution is 0.130. The molecule has 0 radical (unpaired) electrons. The predicted octanol–water partition coefficient (Wildman–Crippen LogP) is 5.06. The van der Waals surface area contributed by atoms with Crippen molar-refractivity contribution in [2.75, 3.05) is 5.32 Å². The number of nitrogens with zero attached hydrogens (tertiary/aromatic N) is 1. The van der Waals surface area contributed by atoms with Crippen LogP contribution in [-0.2, 0) is 4.74 Å². The number of rotatable bonds is 4. The Labute approximate surface area is 159 Å². The molecule has 5 nitrogen and oxygen atoms in total. The van der Waals surface area contributed by atoms with E-state index in [9.17, 15) is 4.79 Å². The number of hydrogen-bond acceptors (Lipinski definition) is 5.